The molecule has 0 saturated carbocycles. The van der Waals surface area contributed by atoms with Crippen LogP contribution in [0.2, 0.25) is 0 Å². The van der Waals surface area contributed by atoms with E-state index in [4.69, 9.17) is 15.9 Å². The second-order valence-electron chi connectivity index (χ2n) is 4.00. The Morgan fingerprint density at radius 2 is 2.41 bits per heavy atom. The highest BCUT2D eigenvalue weighted by Crippen LogP contribution is 2.17. The Morgan fingerprint density at radius 1 is 1.53 bits per heavy atom. The van der Waals surface area contributed by atoms with Gasteiger partial charge in [0.25, 0.3) is 0 Å². The van der Waals surface area contributed by atoms with Gasteiger partial charge in [0.15, 0.2) is 0 Å². The Balaban J connectivity index is 1.95. The van der Waals surface area contributed by atoms with Gasteiger partial charge in [0.1, 0.15) is 6.61 Å². The van der Waals surface area contributed by atoms with Crippen molar-refractivity contribution in [3.63, 3.8) is 0 Å². The molecule has 1 rings (SSSR count). The van der Waals surface area contributed by atoms with E-state index in [9.17, 15) is 4.79 Å². The van der Waals surface area contributed by atoms with Crippen LogP contribution in [-0.2, 0) is 14.3 Å². The Labute approximate surface area is 108 Å². The van der Waals surface area contributed by atoms with E-state index in [1.54, 1.807) is 11.8 Å². The molecule has 0 bridgehead atoms. The van der Waals surface area contributed by atoms with E-state index in [-0.39, 0.29) is 12.1 Å². The molecule has 4 heteroatoms. The lowest BCUT2D eigenvalue weighted by molar-refractivity contribution is -0.144. The molecular formula is C13H20O3S. The number of esters is 1. The van der Waals surface area contributed by atoms with E-state index in [2.05, 4.69) is 5.92 Å². The largest absolute Gasteiger partial charge is 0.465 e. The van der Waals surface area contributed by atoms with Crippen LogP contribution in [0.15, 0.2) is 0 Å². The van der Waals surface area contributed by atoms with Gasteiger partial charge in [0.2, 0.25) is 0 Å². The third-order valence-corrected chi connectivity index (χ3v) is 3.45. The molecule has 0 amide bonds. The molecule has 17 heavy (non-hydrogen) atoms. The van der Waals surface area contributed by atoms with Crippen LogP contribution < -0.4 is 0 Å². The number of rotatable bonds is 7. The van der Waals surface area contributed by atoms with Crippen LogP contribution >= 0.6 is 11.8 Å². The summed E-state index contributed by atoms with van der Waals surface area (Å²) in [7, 11) is 0. The first-order valence-electron chi connectivity index (χ1n) is 6.11. The van der Waals surface area contributed by atoms with Crippen LogP contribution in [0.25, 0.3) is 0 Å². The molecule has 1 heterocycles. The Bertz CT molecular complexity index is 254. The fourth-order valence-electron chi connectivity index (χ4n) is 1.73. The average molecular weight is 256 g/mol. The zero-order valence-electron chi connectivity index (χ0n) is 10.2. The number of hydrogen-bond acceptors (Lipinski definition) is 4. The van der Waals surface area contributed by atoms with E-state index in [1.165, 1.54) is 6.42 Å². The lowest BCUT2D eigenvalue weighted by Crippen LogP contribution is -2.20. The maximum atomic E-state index is 11.4. The first kappa shape index (κ1) is 14.4. The van der Waals surface area contributed by atoms with Gasteiger partial charge in [-0.3, -0.25) is 4.79 Å². The van der Waals surface area contributed by atoms with Gasteiger partial charge in [0.05, 0.1) is 11.9 Å². The molecule has 1 unspecified atom stereocenters. The third kappa shape index (κ3) is 7.30. The van der Waals surface area contributed by atoms with E-state index in [1.807, 2.05) is 0 Å². The van der Waals surface area contributed by atoms with Crippen molar-refractivity contribution in [3.05, 3.63) is 0 Å². The molecular weight excluding hydrogens is 236 g/mol. The molecule has 1 aliphatic heterocycles. The van der Waals surface area contributed by atoms with Crippen LogP contribution in [0.3, 0.4) is 0 Å². The summed E-state index contributed by atoms with van der Waals surface area (Å²) in [5, 5.41) is 0. The number of carbonyl (C=O) groups excluding carboxylic acids is 1. The van der Waals surface area contributed by atoms with Crippen molar-refractivity contribution in [2.75, 3.05) is 24.7 Å². The van der Waals surface area contributed by atoms with Gasteiger partial charge >= 0.3 is 5.97 Å². The summed E-state index contributed by atoms with van der Waals surface area (Å²) >= 11 is 1.60. The van der Waals surface area contributed by atoms with Crippen LogP contribution in [0.4, 0.5) is 0 Å². The standard InChI is InChI=1S/C13H20O3S/c1-2-10-17-11-9-16-13(14)7-6-12-5-3-4-8-15-12/h1,12H,3-11H2. The maximum absolute atomic E-state index is 11.4. The lowest BCUT2D eigenvalue weighted by Gasteiger charge is -2.21. The molecule has 1 fully saturated rings. The Kier molecular flexibility index (Phi) is 7.94. The zero-order chi connectivity index (χ0) is 12.3. The number of terminal acetylenes is 1. The summed E-state index contributed by atoms with van der Waals surface area (Å²) in [4.78, 5) is 11.4. The van der Waals surface area contributed by atoms with Crippen molar-refractivity contribution in [2.24, 2.45) is 0 Å². The Hall–Kier alpha value is -0.660. The first-order valence-corrected chi connectivity index (χ1v) is 7.27. The number of hydrogen-bond donors (Lipinski definition) is 0. The molecule has 1 atom stereocenters. The summed E-state index contributed by atoms with van der Waals surface area (Å²) in [6, 6.07) is 0. The van der Waals surface area contributed by atoms with Gasteiger partial charge in [-0.05, 0) is 25.7 Å². The van der Waals surface area contributed by atoms with E-state index < -0.39 is 0 Å². The van der Waals surface area contributed by atoms with Crippen LogP contribution in [0.1, 0.15) is 32.1 Å². The SMILES string of the molecule is C#CCSCCOC(=O)CCC1CCCCO1. The van der Waals surface area contributed by atoms with Crippen molar-refractivity contribution >= 4 is 17.7 Å². The smallest absolute Gasteiger partial charge is 0.305 e. The minimum Gasteiger partial charge on any atom is -0.465 e. The van der Waals surface area contributed by atoms with Crippen molar-refractivity contribution in [1.82, 2.24) is 0 Å². The fraction of sp³-hybridized carbons (Fsp3) is 0.769. The molecule has 0 aromatic rings. The molecule has 3 nitrogen and oxygen atoms in total. The Morgan fingerprint density at radius 3 is 3.12 bits per heavy atom. The molecule has 1 saturated heterocycles. The average Bonchev–Trinajstić information content (AvgIpc) is 2.37. The highest BCUT2D eigenvalue weighted by Gasteiger charge is 2.15. The van der Waals surface area contributed by atoms with Crippen molar-refractivity contribution in [1.29, 1.82) is 0 Å². The van der Waals surface area contributed by atoms with Gasteiger partial charge in [-0.1, -0.05) is 5.92 Å². The van der Waals surface area contributed by atoms with Crippen molar-refractivity contribution < 1.29 is 14.3 Å². The second-order valence-corrected chi connectivity index (χ2v) is 5.11. The maximum Gasteiger partial charge on any atom is 0.305 e. The van der Waals surface area contributed by atoms with Crippen molar-refractivity contribution in [2.45, 2.75) is 38.2 Å². The number of ether oxygens (including phenoxy) is 2. The fourth-order valence-corrected chi connectivity index (χ4v) is 2.19. The number of carbonyl (C=O) groups is 1. The van der Waals surface area contributed by atoms with Gasteiger partial charge in [-0.2, -0.15) is 0 Å². The number of thioether (sulfide) groups is 1. The lowest BCUT2D eigenvalue weighted by atomic mass is 10.1. The molecule has 0 N–H and O–H groups in total. The van der Waals surface area contributed by atoms with Gasteiger partial charge in [-0.15, -0.1) is 18.2 Å². The molecule has 96 valence electrons. The van der Waals surface area contributed by atoms with Crippen LogP contribution in [-0.4, -0.2) is 36.8 Å². The molecule has 1 aliphatic rings. The molecule has 0 aliphatic carbocycles. The summed E-state index contributed by atoms with van der Waals surface area (Å²) in [5.74, 6) is 3.85. The predicted octanol–water partition coefficient (Wildman–Crippen LogP) is 2.25. The normalized spacial score (nSPS) is 19.6. The molecule has 0 aromatic carbocycles. The predicted molar refractivity (Wildman–Crippen MR) is 69.9 cm³/mol. The first-order chi connectivity index (χ1) is 8.33. The molecule has 0 aromatic heterocycles. The van der Waals surface area contributed by atoms with E-state index in [0.717, 1.165) is 31.6 Å². The third-order valence-electron chi connectivity index (χ3n) is 2.62. The highest BCUT2D eigenvalue weighted by atomic mass is 32.2. The zero-order valence-corrected chi connectivity index (χ0v) is 11.0. The van der Waals surface area contributed by atoms with Crippen molar-refractivity contribution in [3.8, 4) is 12.3 Å². The van der Waals surface area contributed by atoms with Crippen LogP contribution in [0.5, 0.6) is 0 Å². The topological polar surface area (TPSA) is 35.5 Å². The quantitative estimate of drug-likeness (QED) is 0.397. The van der Waals surface area contributed by atoms with Crippen LogP contribution in [0, 0.1) is 12.3 Å². The van der Waals surface area contributed by atoms with E-state index in [0.29, 0.717) is 18.8 Å². The molecule has 0 spiro atoms. The summed E-state index contributed by atoms with van der Waals surface area (Å²) in [5.41, 5.74) is 0. The second kappa shape index (κ2) is 9.38. The summed E-state index contributed by atoms with van der Waals surface area (Å²) < 4.78 is 10.6. The van der Waals surface area contributed by atoms with Gasteiger partial charge < -0.3 is 9.47 Å². The summed E-state index contributed by atoms with van der Waals surface area (Å²) in [6.07, 6.45) is 10.0. The highest BCUT2D eigenvalue weighted by molar-refractivity contribution is 7.99. The minimum atomic E-state index is -0.125. The monoisotopic (exact) mass is 256 g/mol. The van der Waals surface area contributed by atoms with Gasteiger partial charge in [0, 0.05) is 18.8 Å². The summed E-state index contributed by atoms with van der Waals surface area (Å²) in [6.45, 7) is 1.29. The van der Waals surface area contributed by atoms with Gasteiger partial charge in [-0.25, -0.2) is 0 Å². The minimum absolute atomic E-state index is 0.125. The van der Waals surface area contributed by atoms with E-state index >= 15 is 0 Å². The molecule has 0 radical (unpaired) electrons.